The van der Waals surface area contributed by atoms with Crippen LogP contribution < -0.4 is 5.73 Å². The van der Waals surface area contributed by atoms with E-state index in [1.54, 1.807) is 0 Å². The van der Waals surface area contributed by atoms with Gasteiger partial charge in [-0.25, -0.2) is 4.39 Å². The summed E-state index contributed by atoms with van der Waals surface area (Å²) in [5, 5.41) is 9.72. The number of aromatic nitrogens is 1. The molecule has 2 rings (SSSR count). The zero-order valence-electron chi connectivity index (χ0n) is 6.96. The third kappa shape index (κ3) is 1.29. The zero-order chi connectivity index (χ0) is 10.3. The minimum atomic E-state index is -0.477. The van der Waals surface area contributed by atoms with E-state index >= 15 is 0 Å². The van der Waals surface area contributed by atoms with Crippen molar-refractivity contribution in [3.05, 3.63) is 28.6 Å². The van der Waals surface area contributed by atoms with Gasteiger partial charge in [0.25, 0.3) is 0 Å². The van der Waals surface area contributed by atoms with Crippen LogP contribution in [-0.2, 0) is 0 Å². The SMILES string of the molecule is Nc1cc(O)cc2ncc(F)c(Br)c12. The van der Waals surface area contributed by atoms with Gasteiger partial charge >= 0.3 is 0 Å². The molecule has 0 aliphatic rings. The Morgan fingerprint density at radius 3 is 2.86 bits per heavy atom. The molecule has 1 aromatic carbocycles. The first-order chi connectivity index (χ1) is 6.59. The number of phenolic OH excluding ortho intramolecular Hbond substituents is 1. The highest BCUT2D eigenvalue weighted by Crippen LogP contribution is 2.32. The number of rotatable bonds is 0. The minimum Gasteiger partial charge on any atom is -0.508 e. The van der Waals surface area contributed by atoms with E-state index in [-0.39, 0.29) is 10.2 Å². The molecule has 0 spiro atoms. The summed E-state index contributed by atoms with van der Waals surface area (Å²) in [4.78, 5) is 3.82. The molecule has 0 amide bonds. The molecule has 0 saturated carbocycles. The van der Waals surface area contributed by atoms with E-state index in [1.807, 2.05) is 0 Å². The number of pyridine rings is 1. The van der Waals surface area contributed by atoms with Crippen LogP contribution in [-0.4, -0.2) is 10.1 Å². The summed E-state index contributed by atoms with van der Waals surface area (Å²) in [7, 11) is 0. The summed E-state index contributed by atoms with van der Waals surface area (Å²) in [6.07, 6.45) is 1.07. The van der Waals surface area contributed by atoms with Crippen LogP contribution in [0.2, 0.25) is 0 Å². The molecule has 0 radical (unpaired) electrons. The molecule has 0 bridgehead atoms. The van der Waals surface area contributed by atoms with Gasteiger partial charge in [-0.2, -0.15) is 0 Å². The van der Waals surface area contributed by atoms with Crippen molar-refractivity contribution >= 4 is 32.5 Å². The lowest BCUT2D eigenvalue weighted by molar-refractivity contribution is 0.476. The number of nitrogens with zero attached hydrogens (tertiary/aromatic N) is 1. The summed E-state index contributed by atoms with van der Waals surface area (Å²) in [6, 6.07) is 2.78. The fourth-order valence-electron chi connectivity index (χ4n) is 1.28. The average molecular weight is 257 g/mol. The lowest BCUT2D eigenvalue weighted by Gasteiger charge is -2.05. The van der Waals surface area contributed by atoms with Crippen molar-refractivity contribution in [2.24, 2.45) is 0 Å². The molecule has 0 saturated heterocycles. The van der Waals surface area contributed by atoms with Gasteiger partial charge in [0.05, 0.1) is 16.2 Å². The van der Waals surface area contributed by atoms with Gasteiger partial charge in [0, 0.05) is 23.2 Å². The number of halogens is 2. The van der Waals surface area contributed by atoms with E-state index in [4.69, 9.17) is 5.73 Å². The number of anilines is 1. The van der Waals surface area contributed by atoms with Crippen LogP contribution in [0, 0.1) is 5.82 Å². The van der Waals surface area contributed by atoms with Crippen LogP contribution in [0.5, 0.6) is 5.75 Å². The maximum Gasteiger partial charge on any atom is 0.156 e. The quantitative estimate of drug-likeness (QED) is 0.712. The van der Waals surface area contributed by atoms with Gasteiger partial charge < -0.3 is 10.8 Å². The molecule has 3 nitrogen and oxygen atoms in total. The average Bonchev–Trinajstić information content (AvgIpc) is 2.10. The third-order valence-corrected chi connectivity index (χ3v) is 2.65. The van der Waals surface area contributed by atoms with Crippen molar-refractivity contribution in [1.29, 1.82) is 0 Å². The van der Waals surface area contributed by atoms with E-state index < -0.39 is 5.82 Å². The van der Waals surface area contributed by atoms with Gasteiger partial charge in [-0.15, -0.1) is 0 Å². The van der Waals surface area contributed by atoms with Crippen molar-refractivity contribution < 1.29 is 9.50 Å². The summed E-state index contributed by atoms with van der Waals surface area (Å²) in [6.45, 7) is 0. The number of nitrogens with two attached hydrogens (primary N) is 1. The number of hydrogen-bond donors (Lipinski definition) is 2. The Labute approximate surface area is 87.5 Å². The Hall–Kier alpha value is -1.36. The molecule has 1 heterocycles. The highest BCUT2D eigenvalue weighted by molar-refractivity contribution is 9.10. The monoisotopic (exact) mass is 256 g/mol. The topological polar surface area (TPSA) is 59.1 Å². The highest BCUT2D eigenvalue weighted by atomic mass is 79.9. The molecule has 0 aliphatic heterocycles. The first kappa shape index (κ1) is 9.21. The Morgan fingerprint density at radius 2 is 2.14 bits per heavy atom. The number of nitrogen functional groups attached to an aromatic ring is 1. The Morgan fingerprint density at radius 1 is 1.43 bits per heavy atom. The second-order valence-corrected chi connectivity index (χ2v) is 3.64. The van der Waals surface area contributed by atoms with Gasteiger partial charge in [0.1, 0.15) is 5.75 Å². The van der Waals surface area contributed by atoms with Gasteiger partial charge in [-0.1, -0.05) is 0 Å². The van der Waals surface area contributed by atoms with E-state index in [9.17, 15) is 9.50 Å². The molecule has 0 atom stereocenters. The number of phenols is 1. The Balaban J connectivity index is 2.95. The molecule has 1 aromatic heterocycles. The molecule has 72 valence electrons. The molecular formula is C9H6BrFN2O. The largest absolute Gasteiger partial charge is 0.508 e. The summed E-state index contributed by atoms with van der Waals surface area (Å²) in [5.74, 6) is -0.462. The number of hydrogen-bond acceptors (Lipinski definition) is 3. The van der Waals surface area contributed by atoms with Gasteiger partial charge in [-0.3, -0.25) is 4.98 Å². The van der Waals surface area contributed by atoms with E-state index in [2.05, 4.69) is 20.9 Å². The van der Waals surface area contributed by atoms with Crippen molar-refractivity contribution in [2.45, 2.75) is 0 Å². The van der Waals surface area contributed by atoms with Crippen molar-refractivity contribution in [2.75, 3.05) is 5.73 Å². The first-order valence-electron chi connectivity index (χ1n) is 3.82. The van der Waals surface area contributed by atoms with Crippen LogP contribution in [0.15, 0.2) is 22.8 Å². The number of benzene rings is 1. The summed E-state index contributed by atoms with van der Waals surface area (Å²) in [5.41, 5.74) is 6.38. The fraction of sp³-hybridized carbons (Fsp3) is 0. The van der Waals surface area contributed by atoms with E-state index in [0.717, 1.165) is 6.20 Å². The summed E-state index contributed by atoms with van der Waals surface area (Å²) >= 11 is 3.08. The zero-order valence-corrected chi connectivity index (χ0v) is 8.55. The lowest BCUT2D eigenvalue weighted by Crippen LogP contribution is -1.92. The maximum atomic E-state index is 13.1. The lowest BCUT2D eigenvalue weighted by atomic mass is 10.2. The van der Waals surface area contributed by atoms with Gasteiger partial charge in [0.2, 0.25) is 0 Å². The van der Waals surface area contributed by atoms with Crippen molar-refractivity contribution in [1.82, 2.24) is 4.98 Å². The van der Waals surface area contributed by atoms with Crippen molar-refractivity contribution in [3.63, 3.8) is 0 Å². The normalized spacial score (nSPS) is 10.7. The maximum absolute atomic E-state index is 13.1. The van der Waals surface area contributed by atoms with Crippen LogP contribution in [0.4, 0.5) is 10.1 Å². The molecule has 0 aliphatic carbocycles. The van der Waals surface area contributed by atoms with Gasteiger partial charge in [-0.05, 0) is 15.9 Å². The second-order valence-electron chi connectivity index (χ2n) is 2.85. The van der Waals surface area contributed by atoms with Crippen LogP contribution in [0.3, 0.4) is 0 Å². The Kier molecular flexibility index (Phi) is 2.03. The van der Waals surface area contributed by atoms with Crippen LogP contribution in [0.1, 0.15) is 0 Å². The molecule has 2 aromatic rings. The Bertz CT molecular complexity index is 516. The van der Waals surface area contributed by atoms with E-state index in [1.165, 1.54) is 12.1 Å². The third-order valence-electron chi connectivity index (χ3n) is 1.88. The summed E-state index contributed by atoms with van der Waals surface area (Å²) < 4.78 is 13.4. The van der Waals surface area contributed by atoms with Crippen molar-refractivity contribution in [3.8, 4) is 5.75 Å². The molecule has 0 unspecified atom stereocenters. The smallest absolute Gasteiger partial charge is 0.156 e. The standard InChI is InChI=1S/C9H6BrFN2O/c10-9-5(11)3-13-7-2-4(14)1-6(12)8(7)9/h1-3,14H,12H2. The molecule has 5 heteroatoms. The van der Waals surface area contributed by atoms with Crippen LogP contribution >= 0.6 is 15.9 Å². The fourth-order valence-corrected chi connectivity index (χ4v) is 1.81. The predicted octanol–water partition coefficient (Wildman–Crippen LogP) is 2.42. The van der Waals surface area contributed by atoms with E-state index in [0.29, 0.717) is 16.6 Å². The molecule has 14 heavy (non-hydrogen) atoms. The molecular weight excluding hydrogens is 251 g/mol. The second kappa shape index (κ2) is 3.09. The first-order valence-corrected chi connectivity index (χ1v) is 4.61. The minimum absolute atomic E-state index is 0.0148. The number of aromatic hydroxyl groups is 1. The van der Waals surface area contributed by atoms with Gasteiger partial charge in [0.15, 0.2) is 5.82 Å². The molecule has 3 N–H and O–H groups in total. The highest BCUT2D eigenvalue weighted by Gasteiger charge is 2.09. The van der Waals surface area contributed by atoms with Crippen LogP contribution in [0.25, 0.3) is 10.9 Å². The number of fused-ring (bicyclic) bond motifs is 1. The predicted molar refractivity (Wildman–Crippen MR) is 55.5 cm³/mol. The molecule has 0 fully saturated rings.